The zero-order chi connectivity index (χ0) is 18.3. The third-order valence-corrected chi connectivity index (χ3v) is 6.83. The van der Waals surface area contributed by atoms with E-state index in [1.807, 2.05) is 9.80 Å². The highest BCUT2D eigenvalue weighted by Crippen LogP contribution is 2.44. The molecular formula is C21H32N4O. The molecule has 0 spiro atoms. The highest BCUT2D eigenvalue weighted by Gasteiger charge is 2.45. The van der Waals surface area contributed by atoms with Gasteiger partial charge in [0.05, 0.1) is 6.04 Å². The number of fused-ring (bicyclic) bond motifs is 1. The van der Waals surface area contributed by atoms with Crippen LogP contribution in [0.2, 0.25) is 0 Å². The zero-order valence-corrected chi connectivity index (χ0v) is 16.2. The molecule has 5 heteroatoms. The fourth-order valence-electron chi connectivity index (χ4n) is 5.15. The maximum absolute atomic E-state index is 12.7. The monoisotopic (exact) mass is 356 g/mol. The third-order valence-electron chi connectivity index (χ3n) is 6.83. The summed E-state index contributed by atoms with van der Waals surface area (Å²) in [5.41, 5.74) is 8.96. The fraction of sp³-hybridized carbons (Fsp3) is 0.667. The molecule has 1 aromatic rings. The standard InChI is InChI=1S/C21H32N4O/c1-23(2)14-12-21(10-3-4-11-21)16-5-7-17(8-6-16)25-15-19-18(22)9-13-24(19)20(25)26/h5-8,18-19H,3-4,9-15,22H2,1-2H3/t18-,19-/m1/s1. The number of hydrogen-bond acceptors (Lipinski definition) is 3. The molecular weight excluding hydrogens is 324 g/mol. The molecule has 2 saturated heterocycles. The van der Waals surface area contributed by atoms with E-state index in [4.69, 9.17) is 5.73 Å². The van der Waals surface area contributed by atoms with Crippen LogP contribution in [0.1, 0.15) is 44.1 Å². The van der Waals surface area contributed by atoms with Crippen molar-refractivity contribution in [1.82, 2.24) is 9.80 Å². The molecule has 2 aliphatic heterocycles. The molecule has 1 saturated carbocycles. The number of urea groups is 1. The lowest BCUT2D eigenvalue weighted by molar-refractivity contribution is 0.218. The first-order valence-electron chi connectivity index (χ1n) is 10.1. The summed E-state index contributed by atoms with van der Waals surface area (Å²) in [5, 5.41) is 0. The Balaban J connectivity index is 1.52. The van der Waals surface area contributed by atoms with Crippen molar-refractivity contribution in [3.63, 3.8) is 0 Å². The maximum atomic E-state index is 12.7. The van der Waals surface area contributed by atoms with Gasteiger partial charge in [-0.05, 0) is 69.4 Å². The van der Waals surface area contributed by atoms with Gasteiger partial charge in [0.15, 0.2) is 0 Å². The van der Waals surface area contributed by atoms with Gasteiger partial charge >= 0.3 is 6.03 Å². The summed E-state index contributed by atoms with van der Waals surface area (Å²) >= 11 is 0. The highest BCUT2D eigenvalue weighted by atomic mass is 16.2. The Hall–Kier alpha value is -1.59. The second kappa shape index (κ2) is 6.86. The van der Waals surface area contributed by atoms with Gasteiger partial charge in [0.25, 0.3) is 0 Å². The molecule has 2 amide bonds. The first-order chi connectivity index (χ1) is 12.5. The second-order valence-electron chi connectivity index (χ2n) is 8.69. The first-order valence-corrected chi connectivity index (χ1v) is 10.1. The van der Waals surface area contributed by atoms with Crippen molar-refractivity contribution < 1.29 is 4.79 Å². The lowest BCUT2D eigenvalue weighted by Crippen LogP contribution is -2.37. The van der Waals surface area contributed by atoms with Crippen molar-refractivity contribution in [3.8, 4) is 0 Å². The van der Waals surface area contributed by atoms with Gasteiger partial charge in [-0.25, -0.2) is 4.79 Å². The lowest BCUT2D eigenvalue weighted by atomic mass is 9.76. The molecule has 4 rings (SSSR count). The first kappa shape index (κ1) is 17.8. The Bertz CT molecular complexity index is 650. The number of benzene rings is 1. The van der Waals surface area contributed by atoms with E-state index in [1.165, 1.54) is 37.7 Å². The molecule has 1 aliphatic carbocycles. The molecule has 0 aromatic heterocycles. The van der Waals surface area contributed by atoms with E-state index in [-0.39, 0.29) is 18.1 Å². The number of carbonyl (C=O) groups is 1. The number of amides is 2. The molecule has 26 heavy (non-hydrogen) atoms. The normalized spacial score (nSPS) is 27.6. The third kappa shape index (κ3) is 3.01. The SMILES string of the molecule is CN(C)CCC1(c2ccc(N3C[C@@H]4[C@H](N)CCN4C3=O)cc2)CCCC1. The smallest absolute Gasteiger partial charge is 0.324 e. The Morgan fingerprint density at radius 2 is 1.88 bits per heavy atom. The van der Waals surface area contributed by atoms with Gasteiger partial charge in [-0.15, -0.1) is 0 Å². The average Bonchev–Trinajstić information content (AvgIpc) is 3.33. The van der Waals surface area contributed by atoms with Crippen LogP contribution in [0, 0.1) is 0 Å². The van der Waals surface area contributed by atoms with E-state index >= 15 is 0 Å². The summed E-state index contributed by atoms with van der Waals surface area (Å²) in [7, 11) is 4.31. The zero-order valence-electron chi connectivity index (χ0n) is 16.2. The number of carbonyl (C=O) groups excluding carboxylic acids is 1. The number of nitrogens with zero attached hydrogens (tertiary/aromatic N) is 3. The second-order valence-corrected chi connectivity index (χ2v) is 8.69. The predicted octanol–water partition coefficient (Wildman–Crippen LogP) is 2.79. The molecule has 1 aromatic carbocycles. The van der Waals surface area contributed by atoms with Gasteiger partial charge in [-0.2, -0.15) is 0 Å². The van der Waals surface area contributed by atoms with Crippen LogP contribution in [0.15, 0.2) is 24.3 Å². The van der Waals surface area contributed by atoms with Crippen molar-refractivity contribution in [3.05, 3.63) is 29.8 Å². The molecule has 5 nitrogen and oxygen atoms in total. The van der Waals surface area contributed by atoms with E-state index in [1.54, 1.807) is 0 Å². The minimum Gasteiger partial charge on any atom is -0.326 e. The van der Waals surface area contributed by atoms with E-state index < -0.39 is 0 Å². The van der Waals surface area contributed by atoms with Crippen LogP contribution < -0.4 is 10.6 Å². The molecule has 3 aliphatic rings. The van der Waals surface area contributed by atoms with Crippen LogP contribution in [0.5, 0.6) is 0 Å². The predicted molar refractivity (Wildman–Crippen MR) is 106 cm³/mol. The van der Waals surface area contributed by atoms with Gasteiger partial charge in [0.2, 0.25) is 0 Å². The molecule has 0 bridgehead atoms. The maximum Gasteiger partial charge on any atom is 0.324 e. The highest BCUT2D eigenvalue weighted by molar-refractivity contribution is 5.95. The fourth-order valence-corrected chi connectivity index (χ4v) is 5.15. The van der Waals surface area contributed by atoms with Crippen LogP contribution >= 0.6 is 0 Å². The molecule has 2 atom stereocenters. The summed E-state index contributed by atoms with van der Waals surface area (Å²) < 4.78 is 0. The summed E-state index contributed by atoms with van der Waals surface area (Å²) in [4.78, 5) is 18.9. The molecule has 0 radical (unpaired) electrons. The van der Waals surface area contributed by atoms with Gasteiger partial charge in [0.1, 0.15) is 0 Å². The average molecular weight is 357 g/mol. The van der Waals surface area contributed by atoms with Crippen molar-refractivity contribution in [2.45, 2.75) is 56.0 Å². The largest absolute Gasteiger partial charge is 0.326 e. The number of anilines is 1. The van der Waals surface area contributed by atoms with Crippen LogP contribution in [-0.4, -0.2) is 61.6 Å². The Kier molecular flexibility index (Phi) is 4.70. The van der Waals surface area contributed by atoms with Crippen LogP contribution in [0.3, 0.4) is 0 Å². The molecule has 3 fully saturated rings. The van der Waals surface area contributed by atoms with Gasteiger partial charge in [-0.1, -0.05) is 25.0 Å². The van der Waals surface area contributed by atoms with Crippen molar-refractivity contribution in [2.24, 2.45) is 5.73 Å². The number of nitrogens with two attached hydrogens (primary N) is 1. The summed E-state index contributed by atoms with van der Waals surface area (Å²) in [6.45, 7) is 2.65. The summed E-state index contributed by atoms with van der Waals surface area (Å²) in [6.07, 6.45) is 7.37. The van der Waals surface area contributed by atoms with E-state index in [9.17, 15) is 4.79 Å². The Morgan fingerprint density at radius 3 is 2.50 bits per heavy atom. The Labute approximate surface area is 157 Å². The molecule has 142 valence electrons. The molecule has 0 unspecified atom stereocenters. The minimum atomic E-state index is 0.121. The molecule has 2 heterocycles. The van der Waals surface area contributed by atoms with Crippen molar-refractivity contribution in [2.75, 3.05) is 38.6 Å². The number of rotatable bonds is 5. The summed E-state index contributed by atoms with van der Waals surface area (Å²) in [5.74, 6) is 0. The van der Waals surface area contributed by atoms with Gasteiger partial charge in [-0.3, -0.25) is 4.90 Å². The van der Waals surface area contributed by atoms with Crippen LogP contribution in [0.4, 0.5) is 10.5 Å². The Morgan fingerprint density at radius 1 is 1.19 bits per heavy atom. The summed E-state index contributed by atoms with van der Waals surface area (Å²) in [6, 6.07) is 9.27. The van der Waals surface area contributed by atoms with Crippen molar-refractivity contribution in [1.29, 1.82) is 0 Å². The van der Waals surface area contributed by atoms with E-state index in [0.717, 1.165) is 31.7 Å². The van der Waals surface area contributed by atoms with Crippen LogP contribution in [0.25, 0.3) is 0 Å². The van der Waals surface area contributed by atoms with E-state index in [2.05, 4.69) is 43.3 Å². The van der Waals surface area contributed by atoms with E-state index in [0.29, 0.717) is 5.41 Å². The lowest BCUT2D eigenvalue weighted by Gasteiger charge is -2.31. The molecule has 2 N–H and O–H groups in total. The quantitative estimate of drug-likeness (QED) is 0.883. The topological polar surface area (TPSA) is 52.8 Å². The van der Waals surface area contributed by atoms with Gasteiger partial charge < -0.3 is 15.5 Å². The van der Waals surface area contributed by atoms with Gasteiger partial charge in [0, 0.05) is 24.8 Å². The van der Waals surface area contributed by atoms with Crippen LogP contribution in [-0.2, 0) is 5.41 Å². The number of hydrogen-bond donors (Lipinski definition) is 1. The minimum absolute atomic E-state index is 0.121. The van der Waals surface area contributed by atoms with Crippen molar-refractivity contribution >= 4 is 11.7 Å².